The van der Waals surface area contributed by atoms with Crippen LogP contribution in [0.15, 0.2) is 61.6 Å². The second kappa shape index (κ2) is 6.33. The Morgan fingerprint density at radius 1 is 0.852 bits per heavy atom. The smallest absolute Gasteiger partial charge is 0.147 e. The van der Waals surface area contributed by atoms with Gasteiger partial charge in [0.05, 0.1) is 17.5 Å². The van der Waals surface area contributed by atoms with Crippen LogP contribution < -0.4 is 0 Å². The summed E-state index contributed by atoms with van der Waals surface area (Å²) in [7, 11) is 1.98. The Balaban J connectivity index is 1.79. The van der Waals surface area contributed by atoms with Crippen LogP contribution in [0.5, 0.6) is 0 Å². The molecule has 0 saturated carbocycles. The lowest BCUT2D eigenvalue weighted by Crippen LogP contribution is -1.96. The predicted molar refractivity (Wildman–Crippen MR) is 104 cm³/mol. The molecule has 27 heavy (non-hydrogen) atoms. The Morgan fingerprint density at radius 3 is 2.41 bits per heavy atom. The quantitative estimate of drug-likeness (QED) is 0.482. The Hall–Kier alpha value is -3.52. The minimum atomic E-state index is 0.780. The van der Waals surface area contributed by atoms with Gasteiger partial charge in [0.2, 0.25) is 0 Å². The standard InChI is InChI=1S/C19H13N7S/c1-26-16(19-24-14-9-22-11-23-18(14)27-19)15(12-5-3-2-4-6-12)25-17(26)13-7-20-10-21-8-13/h2-11H,1H3. The van der Waals surface area contributed by atoms with Crippen LogP contribution in [0, 0.1) is 0 Å². The SMILES string of the molecule is Cn1c(-c2cncnc2)nc(-c2ccccc2)c1-c1nc2cncnc2s1. The average molecular weight is 371 g/mol. The maximum atomic E-state index is 4.91. The van der Waals surface area contributed by atoms with Gasteiger partial charge in [0.25, 0.3) is 0 Å². The van der Waals surface area contributed by atoms with Gasteiger partial charge in [-0.25, -0.2) is 29.9 Å². The van der Waals surface area contributed by atoms with E-state index in [9.17, 15) is 0 Å². The lowest BCUT2D eigenvalue weighted by atomic mass is 10.1. The molecule has 0 amide bonds. The number of nitrogens with zero attached hydrogens (tertiary/aromatic N) is 7. The minimum absolute atomic E-state index is 0.780. The van der Waals surface area contributed by atoms with Gasteiger partial charge in [0.1, 0.15) is 39.5 Å². The lowest BCUT2D eigenvalue weighted by Gasteiger charge is -2.04. The summed E-state index contributed by atoms with van der Waals surface area (Å²) >= 11 is 1.53. The molecule has 0 fully saturated rings. The molecule has 130 valence electrons. The van der Waals surface area contributed by atoms with Crippen LogP contribution in [0.4, 0.5) is 0 Å². The van der Waals surface area contributed by atoms with Gasteiger partial charge in [-0.3, -0.25) is 0 Å². The molecule has 0 aliphatic heterocycles. The van der Waals surface area contributed by atoms with E-state index in [1.807, 2.05) is 41.9 Å². The maximum absolute atomic E-state index is 4.91. The zero-order chi connectivity index (χ0) is 18.2. The summed E-state index contributed by atoms with van der Waals surface area (Å²) in [6, 6.07) is 10.1. The third-order valence-corrected chi connectivity index (χ3v) is 5.22. The Kier molecular flexibility index (Phi) is 3.68. The van der Waals surface area contributed by atoms with Crippen molar-refractivity contribution in [2.24, 2.45) is 7.05 Å². The van der Waals surface area contributed by atoms with Crippen LogP contribution in [0.3, 0.4) is 0 Å². The van der Waals surface area contributed by atoms with Gasteiger partial charge in [-0.1, -0.05) is 41.7 Å². The first-order valence-corrected chi connectivity index (χ1v) is 9.07. The van der Waals surface area contributed by atoms with Gasteiger partial charge in [0.15, 0.2) is 0 Å². The second-order valence-electron chi connectivity index (χ2n) is 5.92. The molecule has 0 unspecified atom stereocenters. The second-order valence-corrected chi connectivity index (χ2v) is 6.89. The van der Waals surface area contributed by atoms with Gasteiger partial charge in [-0.2, -0.15) is 0 Å². The molecule has 0 atom stereocenters. The largest absolute Gasteiger partial charge is 0.325 e. The number of imidazole rings is 1. The van der Waals surface area contributed by atoms with Crippen molar-refractivity contribution in [2.45, 2.75) is 0 Å². The molecule has 0 radical (unpaired) electrons. The number of thiazole rings is 1. The lowest BCUT2D eigenvalue weighted by molar-refractivity contribution is 0.927. The highest BCUT2D eigenvalue weighted by atomic mass is 32.1. The van der Waals surface area contributed by atoms with Crippen molar-refractivity contribution < 1.29 is 0 Å². The highest BCUT2D eigenvalue weighted by Crippen LogP contribution is 2.38. The fourth-order valence-corrected chi connectivity index (χ4v) is 3.97. The van der Waals surface area contributed by atoms with Crippen LogP contribution in [0.25, 0.3) is 43.7 Å². The Labute approximate surface area is 158 Å². The predicted octanol–water partition coefficient (Wildman–Crippen LogP) is 3.61. The fourth-order valence-electron chi connectivity index (χ4n) is 3.00. The number of hydrogen-bond donors (Lipinski definition) is 0. The van der Waals surface area contributed by atoms with Crippen LogP contribution >= 0.6 is 11.3 Å². The molecule has 0 N–H and O–H groups in total. The molecular formula is C19H13N7S. The molecule has 0 bridgehead atoms. The van der Waals surface area contributed by atoms with E-state index >= 15 is 0 Å². The fraction of sp³-hybridized carbons (Fsp3) is 0.0526. The van der Waals surface area contributed by atoms with E-state index < -0.39 is 0 Å². The monoisotopic (exact) mass is 371 g/mol. The van der Waals surface area contributed by atoms with Crippen LogP contribution in [-0.2, 0) is 7.05 Å². The minimum Gasteiger partial charge on any atom is -0.325 e. The van der Waals surface area contributed by atoms with Crippen molar-refractivity contribution in [3.05, 3.63) is 61.6 Å². The van der Waals surface area contributed by atoms with E-state index in [0.717, 1.165) is 43.7 Å². The van der Waals surface area contributed by atoms with Crippen molar-refractivity contribution in [1.29, 1.82) is 0 Å². The molecule has 5 aromatic rings. The van der Waals surface area contributed by atoms with E-state index in [1.54, 1.807) is 24.9 Å². The average Bonchev–Trinajstić information content (AvgIpc) is 3.30. The van der Waals surface area contributed by atoms with Crippen LogP contribution in [0.2, 0.25) is 0 Å². The summed E-state index contributed by atoms with van der Waals surface area (Å²) in [4.78, 5) is 27.1. The normalized spacial score (nSPS) is 11.1. The van der Waals surface area contributed by atoms with Crippen molar-refractivity contribution in [1.82, 2.24) is 34.5 Å². The van der Waals surface area contributed by atoms with E-state index in [2.05, 4.69) is 19.9 Å². The highest BCUT2D eigenvalue weighted by Gasteiger charge is 2.22. The summed E-state index contributed by atoms with van der Waals surface area (Å²) in [6.45, 7) is 0. The molecule has 7 nitrogen and oxygen atoms in total. The molecule has 4 aromatic heterocycles. The van der Waals surface area contributed by atoms with Crippen LogP contribution in [-0.4, -0.2) is 34.5 Å². The Morgan fingerprint density at radius 2 is 1.63 bits per heavy atom. The van der Waals surface area contributed by atoms with Gasteiger partial charge in [-0.15, -0.1) is 0 Å². The van der Waals surface area contributed by atoms with Crippen LogP contribution in [0.1, 0.15) is 0 Å². The van der Waals surface area contributed by atoms with Gasteiger partial charge in [-0.05, 0) is 0 Å². The molecule has 5 rings (SSSR count). The van der Waals surface area contributed by atoms with Crippen molar-refractivity contribution in [3.8, 4) is 33.3 Å². The Bertz CT molecular complexity index is 1200. The molecule has 0 saturated heterocycles. The van der Waals surface area contributed by atoms with E-state index in [1.165, 1.54) is 17.7 Å². The summed E-state index contributed by atoms with van der Waals surface area (Å²) in [5, 5.41) is 0.849. The van der Waals surface area contributed by atoms with Crippen molar-refractivity contribution in [3.63, 3.8) is 0 Å². The summed E-state index contributed by atoms with van der Waals surface area (Å²) in [6.07, 6.45) is 8.30. The van der Waals surface area contributed by atoms with Gasteiger partial charge >= 0.3 is 0 Å². The summed E-state index contributed by atoms with van der Waals surface area (Å²) in [5.41, 5.74) is 4.45. The first kappa shape index (κ1) is 15.7. The molecule has 8 heteroatoms. The molecule has 0 aliphatic carbocycles. The molecule has 4 heterocycles. The van der Waals surface area contributed by atoms with E-state index in [-0.39, 0.29) is 0 Å². The zero-order valence-corrected chi connectivity index (χ0v) is 15.1. The number of hydrogen-bond acceptors (Lipinski definition) is 7. The van der Waals surface area contributed by atoms with Crippen molar-refractivity contribution >= 4 is 21.7 Å². The molecule has 0 spiro atoms. The molecule has 0 aliphatic rings. The summed E-state index contributed by atoms with van der Waals surface area (Å²) in [5.74, 6) is 0.787. The number of benzene rings is 1. The van der Waals surface area contributed by atoms with E-state index in [4.69, 9.17) is 9.97 Å². The first-order chi connectivity index (χ1) is 13.3. The zero-order valence-electron chi connectivity index (χ0n) is 14.3. The topological polar surface area (TPSA) is 82.3 Å². The summed E-state index contributed by atoms with van der Waals surface area (Å²) < 4.78 is 2.03. The first-order valence-electron chi connectivity index (χ1n) is 8.25. The highest BCUT2D eigenvalue weighted by molar-refractivity contribution is 7.21. The van der Waals surface area contributed by atoms with Gasteiger partial charge < -0.3 is 4.57 Å². The number of fused-ring (bicyclic) bond motifs is 1. The third-order valence-electron chi connectivity index (χ3n) is 4.24. The number of rotatable bonds is 3. The van der Waals surface area contributed by atoms with Crippen molar-refractivity contribution in [2.75, 3.05) is 0 Å². The molecule has 1 aromatic carbocycles. The maximum Gasteiger partial charge on any atom is 0.147 e. The number of aromatic nitrogens is 7. The molecular weight excluding hydrogens is 358 g/mol. The third kappa shape index (κ3) is 2.67. The van der Waals surface area contributed by atoms with E-state index in [0.29, 0.717) is 0 Å². The van der Waals surface area contributed by atoms with Gasteiger partial charge in [0, 0.05) is 25.0 Å².